The number of anilines is 1. The van der Waals surface area contributed by atoms with Gasteiger partial charge in [-0.1, -0.05) is 26.0 Å². The Morgan fingerprint density at radius 2 is 1.70 bits per heavy atom. The maximum Gasteiger partial charge on any atom is 0.257 e. The molecule has 30 heavy (non-hydrogen) atoms. The Bertz CT molecular complexity index is 894. The van der Waals surface area contributed by atoms with Crippen molar-refractivity contribution in [2.75, 3.05) is 26.1 Å². The van der Waals surface area contributed by atoms with E-state index in [-0.39, 0.29) is 30.2 Å². The van der Waals surface area contributed by atoms with Crippen molar-refractivity contribution in [3.8, 4) is 11.5 Å². The number of rotatable bonds is 9. The summed E-state index contributed by atoms with van der Waals surface area (Å²) in [6, 6.07) is 12.0. The fourth-order valence-corrected chi connectivity index (χ4v) is 2.42. The van der Waals surface area contributed by atoms with Gasteiger partial charge in [0.25, 0.3) is 11.8 Å². The van der Waals surface area contributed by atoms with Gasteiger partial charge in [-0.2, -0.15) is 0 Å². The van der Waals surface area contributed by atoms with Crippen molar-refractivity contribution in [1.29, 1.82) is 0 Å². The van der Waals surface area contributed by atoms with Crippen LogP contribution in [0.2, 0.25) is 0 Å². The van der Waals surface area contributed by atoms with Crippen molar-refractivity contribution in [2.24, 2.45) is 5.92 Å². The molecule has 2 aromatic carbocycles. The van der Waals surface area contributed by atoms with Crippen LogP contribution >= 0.6 is 0 Å². The number of carbonyl (C=O) groups is 3. The highest BCUT2D eigenvalue weighted by atomic mass is 16.5. The summed E-state index contributed by atoms with van der Waals surface area (Å²) in [5.74, 6) is 0.0415. The van der Waals surface area contributed by atoms with Crippen LogP contribution in [0.4, 0.5) is 5.69 Å². The molecular weight excluding hydrogens is 386 g/mol. The van der Waals surface area contributed by atoms with Gasteiger partial charge in [0.05, 0.1) is 7.11 Å². The van der Waals surface area contributed by atoms with Crippen molar-refractivity contribution in [1.82, 2.24) is 10.6 Å². The maximum atomic E-state index is 12.5. The molecule has 8 nitrogen and oxygen atoms in total. The number of methoxy groups -OCH3 is 1. The first-order chi connectivity index (χ1) is 14.3. The number of likely N-dealkylation sites (N-methyl/N-ethyl adjacent to an activating group) is 1. The molecule has 8 heteroatoms. The van der Waals surface area contributed by atoms with Crippen LogP contribution < -0.4 is 25.4 Å². The van der Waals surface area contributed by atoms with Gasteiger partial charge < -0.3 is 25.4 Å². The fraction of sp³-hybridized carbons (Fsp3) is 0.318. The van der Waals surface area contributed by atoms with Gasteiger partial charge >= 0.3 is 0 Å². The smallest absolute Gasteiger partial charge is 0.257 e. The lowest BCUT2D eigenvalue weighted by molar-refractivity contribution is -0.122. The monoisotopic (exact) mass is 413 g/mol. The normalized spacial score (nSPS) is 10.3. The minimum Gasteiger partial charge on any atom is -0.493 e. The molecule has 0 aromatic heterocycles. The van der Waals surface area contributed by atoms with Gasteiger partial charge in [-0.05, 0) is 35.9 Å². The van der Waals surface area contributed by atoms with Crippen LogP contribution in [-0.4, -0.2) is 38.5 Å². The number of nitrogens with one attached hydrogen (secondary N) is 3. The lowest BCUT2D eigenvalue weighted by Gasteiger charge is -2.12. The lowest BCUT2D eigenvalue weighted by atomic mass is 10.1. The zero-order valence-electron chi connectivity index (χ0n) is 17.6. The van der Waals surface area contributed by atoms with Crippen molar-refractivity contribution in [3.05, 3.63) is 53.6 Å². The van der Waals surface area contributed by atoms with Crippen molar-refractivity contribution in [2.45, 2.75) is 20.4 Å². The molecule has 2 aromatic rings. The van der Waals surface area contributed by atoms with E-state index in [1.807, 2.05) is 26.0 Å². The van der Waals surface area contributed by atoms with Crippen molar-refractivity contribution in [3.63, 3.8) is 0 Å². The maximum absolute atomic E-state index is 12.5. The summed E-state index contributed by atoms with van der Waals surface area (Å²) in [5.41, 5.74) is 2.00. The molecule has 0 bridgehead atoms. The van der Waals surface area contributed by atoms with Crippen LogP contribution in [0, 0.1) is 5.92 Å². The first kappa shape index (κ1) is 22.7. The standard InChI is InChI=1S/C22H27N3O5/c1-14(2)21(27)25-17-8-5-15(6-9-17)12-24-22(28)16-7-10-18(19(11-16)29-4)30-13-20(26)23-3/h5-11,14H,12-13H2,1-4H3,(H,23,26)(H,24,28)(H,25,27). The number of amides is 3. The van der Waals surface area contributed by atoms with Gasteiger partial charge in [-0.15, -0.1) is 0 Å². The highest BCUT2D eigenvalue weighted by Gasteiger charge is 2.12. The van der Waals surface area contributed by atoms with Crippen LogP contribution in [0.25, 0.3) is 0 Å². The Labute approximate surface area is 175 Å². The Hall–Kier alpha value is -3.55. The van der Waals surface area contributed by atoms with E-state index in [4.69, 9.17) is 9.47 Å². The van der Waals surface area contributed by atoms with Crippen molar-refractivity contribution < 1.29 is 23.9 Å². The summed E-state index contributed by atoms with van der Waals surface area (Å²) < 4.78 is 10.7. The zero-order valence-corrected chi connectivity index (χ0v) is 17.6. The van der Waals surface area contributed by atoms with Crippen LogP contribution in [0.15, 0.2) is 42.5 Å². The molecule has 0 saturated heterocycles. The molecule has 3 amide bonds. The summed E-state index contributed by atoms with van der Waals surface area (Å²) in [6.45, 7) is 3.84. The molecule has 3 N–H and O–H groups in total. The molecular formula is C22H27N3O5. The first-order valence-electron chi connectivity index (χ1n) is 9.53. The van der Waals surface area contributed by atoms with Crippen LogP contribution in [-0.2, 0) is 16.1 Å². The highest BCUT2D eigenvalue weighted by molar-refractivity contribution is 5.95. The molecule has 0 unspecified atom stereocenters. The second-order valence-electron chi connectivity index (χ2n) is 6.85. The van der Waals surface area contributed by atoms with E-state index in [1.165, 1.54) is 14.2 Å². The predicted molar refractivity (Wildman–Crippen MR) is 114 cm³/mol. The number of hydrogen-bond donors (Lipinski definition) is 3. The summed E-state index contributed by atoms with van der Waals surface area (Å²) in [4.78, 5) is 35.5. The predicted octanol–water partition coefficient (Wildman–Crippen LogP) is 2.34. The zero-order chi connectivity index (χ0) is 22.1. The van der Waals surface area contributed by atoms with Gasteiger partial charge in [-0.3, -0.25) is 14.4 Å². The molecule has 0 spiro atoms. The molecule has 0 aliphatic carbocycles. The highest BCUT2D eigenvalue weighted by Crippen LogP contribution is 2.28. The van der Waals surface area contributed by atoms with E-state index >= 15 is 0 Å². The summed E-state index contributed by atoms with van der Waals surface area (Å²) in [5, 5.41) is 8.12. The second-order valence-corrected chi connectivity index (χ2v) is 6.85. The third-order valence-electron chi connectivity index (χ3n) is 4.26. The van der Waals surface area contributed by atoms with Crippen LogP contribution in [0.5, 0.6) is 11.5 Å². The second kappa shape index (κ2) is 10.8. The average molecular weight is 413 g/mol. The Balaban J connectivity index is 1.95. The molecule has 0 aliphatic rings. The van der Waals surface area contributed by atoms with Crippen LogP contribution in [0.3, 0.4) is 0 Å². The van der Waals surface area contributed by atoms with E-state index < -0.39 is 0 Å². The number of hydrogen-bond acceptors (Lipinski definition) is 5. The van der Waals surface area contributed by atoms with E-state index in [0.29, 0.717) is 29.3 Å². The van der Waals surface area contributed by atoms with E-state index in [9.17, 15) is 14.4 Å². The van der Waals surface area contributed by atoms with E-state index in [2.05, 4.69) is 16.0 Å². The number of carbonyl (C=O) groups excluding carboxylic acids is 3. The molecule has 0 aliphatic heterocycles. The van der Waals surface area contributed by atoms with Crippen molar-refractivity contribution >= 4 is 23.4 Å². The molecule has 0 saturated carbocycles. The third kappa shape index (κ3) is 6.51. The molecule has 2 rings (SSSR count). The third-order valence-corrected chi connectivity index (χ3v) is 4.26. The Kier molecular flexibility index (Phi) is 8.22. The number of benzene rings is 2. The summed E-state index contributed by atoms with van der Waals surface area (Å²) in [7, 11) is 2.98. The minimum atomic E-state index is -0.275. The van der Waals surface area contributed by atoms with Gasteiger partial charge in [0.2, 0.25) is 5.91 Å². The van der Waals surface area contributed by atoms with Crippen LogP contribution in [0.1, 0.15) is 29.8 Å². The average Bonchev–Trinajstić information content (AvgIpc) is 2.76. The summed E-state index contributed by atoms with van der Waals surface area (Å²) in [6.07, 6.45) is 0. The molecule has 160 valence electrons. The Morgan fingerprint density at radius 3 is 2.30 bits per heavy atom. The quantitative estimate of drug-likeness (QED) is 0.585. The molecule has 0 radical (unpaired) electrons. The Morgan fingerprint density at radius 1 is 1.00 bits per heavy atom. The SMILES string of the molecule is CNC(=O)COc1ccc(C(=O)NCc2ccc(NC(=O)C(C)C)cc2)cc1OC. The molecule has 0 heterocycles. The topological polar surface area (TPSA) is 106 Å². The summed E-state index contributed by atoms with van der Waals surface area (Å²) >= 11 is 0. The lowest BCUT2D eigenvalue weighted by Crippen LogP contribution is -2.25. The fourth-order valence-electron chi connectivity index (χ4n) is 2.42. The largest absolute Gasteiger partial charge is 0.493 e. The molecule has 0 fully saturated rings. The van der Waals surface area contributed by atoms with Gasteiger partial charge in [0, 0.05) is 30.8 Å². The van der Waals surface area contributed by atoms with Gasteiger partial charge in [0.1, 0.15) is 0 Å². The van der Waals surface area contributed by atoms with E-state index in [0.717, 1.165) is 5.56 Å². The van der Waals surface area contributed by atoms with E-state index in [1.54, 1.807) is 30.3 Å². The first-order valence-corrected chi connectivity index (χ1v) is 9.53. The number of ether oxygens (including phenoxy) is 2. The minimum absolute atomic E-state index is 0.0484. The molecule has 0 atom stereocenters. The van der Waals surface area contributed by atoms with Gasteiger partial charge in [-0.25, -0.2) is 0 Å². The van der Waals surface area contributed by atoms with Gasteiger partial charge in [0.15, 0.2) is 18.1 Å².